The van der Waals surface area contributed by atoms with E-state index in [1.165, 1.54) is 185 Å². The van der Waals surface area contributed by atoms with Crippen LogP contribution in [0.1, 0.15) is 367 Å². The van der Waals surface area contributed by atoms with E-state index in [9.17, 15) is 0 Å². The molecule has 0 heterocycles. The molecule has 0 aliphatic carbocycles. The molecule has 4 atom stereocenters. The molecule has 68 heavy (non-hydrogen) atoms. The maximum absolute atomic E-state index is 2.43. The lowest BCUT2D eigenvalue weighted by molar-refractivity contribution is 0.201. The maximum atomic E-state index is 2.43. The van der Waals surface area contributed by atoms with Crippen molar-refractivity contribution in [3.63, 3.8) is 0 Å². The van der Waals surface area contributed by atoms with Crippen molar-refractivity contribution >= 4 is 0 Å². The number of unbranched alkanes of at least 4 members (excludes halogenated alkanes) is 8. The zero-order chi connectivity index (χ0) is 54.0. The van der Waals surface area contributed by atoms with Gasteiger partial charge in [0, 0.05) is 0 Å². The topological polar surface area (TPSA) is 0 Å². The number of hydrogen-bond donors (Lipinski definition) is 0. The van der Waals surface area contributed by atoms with E-state index < -0.39 is 0 Å². The maximum Gasteiger partial charge on any atom is -0.0346 e. The lowest BCUT2D eigenvalue weighted by Gasteiger charge is -2.31. The van der Waals surface area contributed by atoms with Crippen LogP contribution in [-0.2, 0) is 0 Å². The molecule has 0 nitrogen and oxygen atoms in total. The van der Waals surface area contributed by atoms with Crippen molar-refractivity contribution in [1.29, 1.82) is 0 Å². The van der Waals surface area contributed by atoms with Gasteiger partial charge in [-0.1, -0.05) is 313 Å². The lowest BCUT2D eigenvalue weighted by Crippen LogP contribution is -2.20. The smallest absolute Gasteiger partial charge is 0.0346 e. The summed E-state index contributed by atoms with van der Waals surface area (Å²) in [6.07, 6.45) is 41.4. The van der Waals surface area contributed by atoms with Gasteiger partial charge in [-0.25, -0.2) is 0 Å². The average Bonchev–Trinajstić information content (AvgIpc) is 3.18. The molecule has 0 aliphatic rings. The van der Waals surface area contributed by atoms with Gasteiger partial charge in [0.15, 0.2) is 0 Å². The molecule has 0 N–H and O–H groups in total. The normalized spacial score (nSPS) is 14.0. The highest BCUT2D eigenvalue weighted by Crippen LogP contribution is 2.35. The summed E-state index contributed by atoms with van der Waals surface area (Å²) in [6, 6.07) is 0. The first-order valence-electron chi connectivity index (χ1n) is 30.7. The van der Waals surface area contributed by atoms with Crippen molar-refractivity contribution in [1.82, 2.24) is 0 Å². The Morgan fingerprint density at radius 2 is 0.765 bits per heavy atom. The highest BCUT2D eigenvalue weighted by molar-refractivity contribution is 4.92. The fraction of sp³-hybridized carbons (Fsp3) is 0.971. The van der Waals surface area contributed by atoms with Crippen molar-refractivity contribution in [3.8, 4) is 0 Å². The van der Waals surface area contributed by atoms with E-state index in [1.54, 1.807) is 0 Å². The van der Waals surface area contributed by atoms with E-state index in [4.69, 9.17) is 0 Å². The SMILES string of the molecule is CC(C)=CCCC(C)CCC(C)(C)C.CC(C)CCCC(C)CCC(C)(C)C.CCCCC(C)CC(C)(C)C.CCCCC(CC)CC(C)(C)C.CCCCCCC(CCCCCC)C(C)(C)C. The van der Waals surface area contributed by atoms with Crippen molar-refractivity contribution in [2.75, 3.05) is 0 Å². The van der Waals surface area contributed by atoms with Gasteiger partial charge in [-0.2, -0.15) is 0 Å². The Kier molecular flexibility index (Phi) is 51.1. The molecule has 0 fully saturated rings. The first kappa shape index (κ1) is 76.7. The quantitative estimate of drug-likeness (QED) is 0.0497. The summed E-state index contributed by atoms with van der Waals surface area (Å²) in [7, 11) is 0. The average molecular weight is 962 g/mol. The molecule has 0 bridgehead atoms. The van der Waals surface area contributed by atoms with Gasteiger partial charge in [0.2, 0.25) is 0 Å². The predicted octanol–water partition coefficient (Wildman–Crippen LogP) is 25.9. The molecule has 4 unspecified atom stereocenters. The fourth-order valence-corrected chi connectivity index (χ4v) is 9.33. The van der Waals surface area contributed by atoms with Gasteiger partial charge in [-0.05, 0) is 128 Å². The minimum atomic E-state index is 0.505. The van der Waals surface area contributed by atoms with E-state index in [1.807, 2.05) is 0 Å². The molecular weight excluding hydrogens is 817 g/mol. The molecule has 0 heteroatoms. The highest BCUT2D eigenvalue weighted by atomic mass is 14.3. The summed E-state index contributed by atoms with van der Waals surface area (Å²) in [4.78, 5) is 0. The van der Waals surface area contributed by atoms with Crippen LogP contribution >= 0.6 is 0 Å². The second-order valence-electron chi connectivity index (χ2n) is 29.5. The van der Waals surface area contributed by atoms with Crippen molar-refractivity contribution in [3.05, 3.63) is 11.6 Å². The Morgan fingerprint density at radius 3 is 1.10 bits per heavy atom. The Bertz CT molecular complexity index is 1000. The van der Waals surface area contributed by atoms with Gasteiger partial charge < -0.3 is 0 Å². The van der Waals surface area contributed by atoms with Gasteiger partial charge >= 0.3 is 0 Å². The molecule has 0 saturated carbocycles. The summed E-state index contributed by atoms with van der Waals surface area (Å²) in [5.41, 5.74) is 4.03. The monoisotopic (exact) mass is 961 g/mol. The third-order valence-electron chi connectivity index (χ3n) is 14.0. The van der Waals surface area contributed by atoms with Crippen LogP contribution in [0.3, 0.4) is 0 Å². The standard InChI is InChI=1S/C17H36.C14H30.C14H28.C12H26.C11H24/c1-6-8-10-12-14-16(17(3,4)5)15-13-11-9-7-2;2*1-12(2)8-7-9-13(3)10-11-14(4,5)6;1-6-8-9-11(7-2)10-12(3,4)5;1-6-7-8-10(2)9-11(3,4)5/h16H,6-15H2,1-5H3;12-13H,7-11H2,1-6H3;8,13H,7,9-11H2,1-6H3;11H,6-10H2,1-5H3;10H,6-9H2,1-5H3. The van der Waals surface area contributed by atoms with E-state index in [0.29, 0.717) is 27.1 Å². The fourth-order valence-electron chi connectivity index (χ4n) is 9.33. The Hall–Kier alpha value is -0.260. The molecule has 0 saturated heterocycles. The van der Waals surface area contributed by atoms with Crippen LogP contribution in [0.25, 0.3) is 0 Å². The van der Waals surface area contributed by atoms with Crippen molar-refractivity contribution < 1.29 is 0 Å². The van der Waals surface area contributed by atoms with E-state index in [0.717, 1.165) is 35.5 Å². The Labute approximate surface area is 439 Å². The van der Waals surface area contributed by atoms with Crippen LogP contribution in [-0.4, -0.2) is 0 Å². The van der Waals surface area contributed by atoms with Crippen LogP contribution in [0, 0.1) is 62.6 Å². The van der Waals surface area contributed by atoms with Gasteiger partial charge in [-0.15, -0.1) is 0 Å². The number of rotatable bonds is 30. The third kappa shape index (κ3) is 72.3. The van der Waals surface area contributed by atoms with Crippen LogP contribution in [0.5, 0.6) is 0 Å². The second-order valence-corrected chi connectivity index (χ2v) is 29.5. The largest absolute Gasteiger partial charge is 0.0859 e. The minimum absolute atomic E-state index is 0.505. The van der Waals surface area contributed by atoms with E-state index >= 15 is 0 Å². The molecule has 0 aromatic heterocycles. The summed E-state index contributed by atoms with van der Waals surface area (Å²) in [5.74, 6) is 5.50. The Morgan fingerprint density at radius 1 is 0.368 bits per heavy atom. The summed E-state index contributed by atoms with van der Waals surface area (Å²) in [5, 5.41) is 0. The molecular formula is C68H144. The second kappa shape index (κ2) is 45.4. The number of hydrogen-bond acceptors (Lipinski definition) is 0. The van der Waals surface area contributed by atoms with Crippen molar-refractivity contribution in [2.45, 2.75) is 367 Å². The summed E-state index contributed by atoms with van der Waals surface area (Å²) in [6.45, 7) is 63.0. The molecule has 0 rings (SSSR count). The van der Waals surface area contributed by atoms with Gasteiger partial charge in [0.05, 0.1) is 0 Å². The van der Waals surface area contributed by atoms with Crippen molar-refractivity contribution in [2.24, 2.45) is 62.6 Å². The third-order valence-corrected chi connectivity index (χ3v) is 14.0. The summed E-state index contributed by atoms with van der Waals surface area (Å²) >= 11 is 0. The van der Waals surface area contributed by atoms with Crippen LogP contribution in [0.15, 0.2) is 11.6 Å². The first-order valence-corrected chi connectivity index (χ1v) is 30.7. The Balaban J connectivity index is -0.000000245. The molecule has 0 aromatic rings. The number of allylic oxidation sites excluding steroid dienone is 2. The zero-order valence-corrected chi connectivity index (χ0v) is 53.8. The lowest BCUT2D eigenvalue weighted by atomic mass is 9.75. The molecule has 0 aromatic carbocycles. The van der Waals surface area contributed by atoms with Gasteiger partial charge in [-0.3, -0.25) is 0 Å². The molecule has 0 spiro atoms. The zero-order valence-electron chi connectivity index (χ0n) is 53.8. The van der Waals surface area contributed by atoms with Crippen LogP contribution < -0.4 is 0 Å². The van der Waals surface area contributed by atoms with Gasteiger partial charge in [0.25, 0.3) is 0 Å². The predicted molar refractivity (Wildman–Crippen MR) is 324 cm³/mol. The van der Waals surface area contributed by atoms with Gasteiger partial charge in [0.1, 0.15) is 0 Å². The molecule has 0 amide bonds. The van der Waals surface area contributed by atoms with E-state index in [2.05, 4.69) is 193 Å². The summed E-state index contributed by atoms with van der Waals surface area (Å²) < 4.78 is 0. The highest BCUT2D eigenvalue weighted by Gasteiger charge is 2.23. The molecule has 0 radical (unpaired) electrons. The first-order chi connectivity index (χ1) is 31.1. The van der Waals surface area contributed by atoms with E-state index in [-0.39, 0.29) is 0 Å². The van der Waals surface area contributed by atoms with Crippen LogP contribution in [0.4, 0.5) is 0 Å². The molecule has 416 valence electrons. The minimum Gasteiger partial charge on any atom is -0.0859 e. The van der Waals surface area contributed by atoms with Crippen LogP contribution in [0.2, 0.25) is 0 Å². The molecule has 0 aliphatic heterocycles.